The van der Waals surface area contributed by atoms with Gasteiger partial charge in [0, 0.05) is 62.2 Å². The molecule has 10 nitrogen and oxygen atoms in total. The Labute approximate surface area is 276 Å². The Morgan fingerprint density at radius 3 is 2.27 bits per heavy atom. The van der Waals surface area contributed by atoms with Crippen molar-refractivity contribution in [2.75, 3.05) is 31.1 Å². The largest absolute Gasteiger partial charge is 0.507 e. The SMILES string of the molecule is O=C(/C=C(/O)c1cc(Cc2cc(F)cc(F)c2F)cn(Cc2ccccc2F)c1=O)C(=O)N1CCN(c2ccc(-n3cncn3)cc2)CC1. The highest BCUT2D eigenvalue weighted by molar-refractivity contribution is 6.41. The van der Waals surface area contributed by atoms with E-state index in [9.17, 15) is 37.1 Å². The Balaban J connectivity index is 1.21. The number of anilines is 1. The van der Waals surface area contributed by atoms with Crippen LogP contribution in [0.4, 0.5) is 23.2 Å². The van der Waals surface area contributed by atoms with Crippen molar-refractivity contribution >= 4 is 23.1 Å². The van der Waals surface area contributed by atoms with E-state index in [-0.39, 0.29) is 36.3 Å². The summed E-state index contributed by atoms with van der Waals surface area (Å²) in [4.78, 5) is 46.8. The van der Waals surface area contributed by atoms with Crippen molar-refractivity contribution in [3.63, 3.8) is 0 Å². The molecule has 5 aromatic rings. The number of pyridine rings is 1. The molecule has 0 atom stereocenters. The molecule has 1 aliphatic heterocycles. The zero-order chi connectivity index (χ0) is 34.7. The van der Waals surface area contributed by atoms with Gasteiger partial charge in [0.15, 0.2) is 11.6 Å². The van der Waals surface area contributed by atoms with Crippen LogP contribution in [0.5, 0.6) is 0 Å². The summed E-state index contributed by atoms with van der Waals surface area (Å²) in [6.07, 6.45) is 4.45. The Bertz CT molecular complexity index is 2110. The lowest BCUT2D eigenvalue weighted by molar-refractivity contribution is -0.142. The van der Waals surface area contributed by atoms with E-state index in [4.69, 9.17) is 0 Å². The van der Waals surface area contributed by atoms with Crippen LogP contribution in [0.3, 0.4) is 0 Å². The molecular formula is C35H28F4N6O4. The summed E-state index contributed by atoms with van der Waals surface area (Å²) in [5.41, 5.74) is 0.273. The summed E-state index contributed by atoms with van der Waals surface area (Å²) in [6.45, 7) is 0.962. The maximum Gasteiger partial charge on any atom is 0.294 e. The molecule has 0 saturated carbocycles. The van der Waals surface area contributed by atoms with Crippen molar-refractivity contribution in [2.24, 2.45) is 0 Å². The fourth-order valence-corrected chi connectivity index (χ4v) is 5.61. The molecule has 0 unspecified atom stereocenters. The molecule has 1 N–H and O–H groups in total. The topological polar surface area (TPSA) is 114 Å². The third kappa shape index (κ3) is 7.27. The highest BCUT2D eigenvalue weighted by atomic mass is 19.2. The Morgan fingerprint density at radius 2 is 1.57 bits per heavy atom. The first-order valence-corrected chi connectivity index (χ1v) is 15.1. The van der Waals surface area contributed by atoms with Gasteiger partial charge < -0.3 is 19.5 Å². The molecule has 3 aromatic carbocycles. The fraction of sp³-hybridized carbons (Fsp3) is 0.171. The summed E-state index contributed by atoms with van der Waals surface area (Å²) in [6, 6.07) is 15.5. The smallest absolute Gasteiger partial charge is 0.294 e. The number of carbonyl (C=O) groups excluding carboxylic acids is 2. The van der Waals surface area contributed by atoms with Crippen LogP contribution in [0.1, 0.15) is 22.3 Å². The Kier molecular flexibility index (Phi) is 9.38. The normalized spacial score (nSPS) is 13.5. The Morgan fingerprint density at radius 1 is 0.857 bits per heavy atom. The molecule has 1 saturated heterocycles. The van der Waals surface area contributed by atoms with Crippen molar-refractivity contribution in [3.8, 4) is 5.69 Å². The maximum atomic E-state index is 14.5. The highest BCUT2D eigenvalue weighted by Gasteiger charge is 2.26. The lowest BCUT2D eigenvalue weighted by Gasteiger charge is -2.35. The van der Waals surface area contributed by atoms with E-state index < -0.39 is 58.3 Å². The van der Waals surface area contributed by atoms with Gasteiger partial charge in [-0.2, -0.15) is 5.10 Å². The van der Waals surface area contributed by atoms with Crippen molar-refractivity contribution in [2.45, 2.75) is 13.0 Å². The van der Waals surface area contributed by atoms with E-state index in [1.165, 1.54) is 35.6 Å². The molecule has 3 heterocycles. The van der Waals surface area contributed by atoms with Crippen molar-refractivity contribution in [1.82, 2.24) is 24.2 Å². The van der Waals surface area contributed by atoms with Crippen LogP contribution in [0.2, 0.25) is 0 Å². The van der Waals surface area contributed by atoms with Crippen molar-refractivity contribution in [1.29, 1.82) is 0 Å². The van der Waals surface area contributed by atoms with E-state index in [1.54, 1.807) is 17.1 Å². The third-order valence-corrected chi connectivity index (χ3v) is 8.12. The van der Waals surface area contributed by atoms with E-state index >= 15 is 0 Å². The minimum atomic E-state index is -1.41. The second kappa shape index (κ2) is 14.0. The molecule has 6 rings (SSSR count). The molecule has 49 heavy (non-hydrogen) atoms. The molecular weight excluding hydrogens is 644 g/mol. The zero-order valence-corrected chi connectivity index (χ0v) is 25.8. The molecule has 1 fully saturated rings. The second-order valence-electron chi connectivity index (χ2n) is 11.4. The van der Waals surface area contributed by atoms with Gasteiger partial charge >= 0.3 is 0 Å². The minimum Gasteiger partial charge on any atom is -0.507 e. The number of amides is 1. The minimum absolute atomic E-state index is 0.107. The fourth-order valence-electron chi connectivity index (χ4n) is 5.61. The maximum absolute atomic E-state index is 14.5. The molecule has 1 aliphatic rings. The van der Waals surface area contributed by atoms with Crippen LogP contribution >= 0.6 is 0 Å². The van der Waals surface area contributed by atoms with Gasteiger partial charge in [0.2, 0.25) is 5.78 Å². The van der Waals surface area contributed by atoms with Gasteiger partial charge in [-0.1, -0.05) is 18.2 Å². The van der Waals surface area contributed by atoms with Gasteiger partial charge in [0.05, 0.1) is 17.8 Å². The molecule has 0 aliphatic carbocycles. The number of nitrogens with zero attached hydrogens (tertiary/aromatic N) is 6. The van der Waals surface area contributed by atoms with Crippen LogP contribution in [0, 0.1) is 23.3 Å². The summed E-state index contributed by atoms with van der Waals surface area (Å²) in [5.74, 6) is -7.21. The number of hydrogen-bond donors (Lipinski definition) is 1. The number of aromatic nitrogens is 4. The predicted molar refractivity (Wildman–Crippen MR) is 171 cm³/mol. The predicted octanol–water partition coefficient (Wildman–Crippen LogP) is 4.44. The first-order valence-electron chi connectivity index (χ1n) is 15.1. The van der Waals surface area contributed by atoms with E-state index in [1.807, 2.05) is 29.2 Å². The molecule has 0 bridgehead atoms. The number of aliphatic hydroxyl groups is 1. The standard InChI is InChI=1S/C35H28F4N6O4/c36-25-15-24(33(39)30(38)16-25)13-22-14-28(34(48)44(18-22)19-23-3-1-2-4-29(23)37)31(46)17-32(47)35(49)43-11-9-42(10-12-43)26-5-7-27(8-6-26)45-21-40-20-41-45/h1-8,14-18,20-21,46H,9-13,19H2/b31-17+. The van der Waals surface area contributed by atoms with Crippen LogP contribution in [-0.4, -0.2) is 67.2 Å². The average molecular weight is 673 g/mol. The quantitative estimate of drug-likeness (QED) is 0.0810. The highest BCUT2D eigenvalue weighted by Crippen LogP contribution is 2.22. The second-order valence-corrected chi connectivity index (χ2v) is 11.4. The molecule has 0 radical (unpaired) electrons. The summed E-state index contributed by atoms with van der Waals surface area (Å²) in [5, 5.41) is 15.0. The van der Waals surface area contributed by atoms with Gasteiger partial charge in [0.25, 0.3) is 11.5 Å². The number of hydrogen-bond acceptors (Lipinski definition) is 7. The molecule has 14 heteroatoms. The summed E-state index contributed by atoms with van der Waals surface area (Å²) in [7, 11) is 0. The Hall–Kier alpha value is -6.05. The number of rotatable bonds is 9. The van der Waals surface area contributed by atoms with Crippen molar-refractivity contribution in [3.05, 3.63) is 148 Å². The van der Waals surface area contributed by atoms with E-state index in [0.29, 0.717) is 25.2 Å². The van der Waals surface area contributed by atoms with Crippen LogP contribution in [0.25, 0.3) is 11.4 Å². The number of aliphatic hydroxyl groups excluding tert-OH is 1. The van der Waals surface area contributed by atoms with Gasteiger partial charge in [-0.3, -0.25) is 14.4 Å². The number of ketones is 1. The summed E-state index contributed by atoms with van der Waals surface area (Å²) < 4.78 is 59.5. The van der Waals surface area contributed by atoms with Crippen molar-refractivity contribution < 1.29 is 32.3 Å². The lowest BCUT2D eigenvalue weighted by Crippen LogP contribution is -2.50. The lowest BCUT2D eigenvalue weighted by atomic mass is 10.0. The first kappa shape index (κ1) is 32.9. The number of carbonyl (C=O) groups is 2. The first-order chi connectivity index (χ1) is 23.6. The monoisotopic (exact) mass is 672 g/mol. The van der Waals surface area contributed by atoms with Crippen LogP contribution in [0.15, 0.2) is 96.5 Å². The summed E-state index contributed by atoms with van der Waals surface area (Å²) >= 11 is 0. The average Bonchev–Trinajstić information content (AvgIpc) is 3.64. The number of halogens is 4. The van der Waals surface area contributed by atoms with Gasteiger partial charge in [-0.15, -0.1) is 0 Å². The van der Waals surface area contributed by atoms with Crippen LogP contribution in [-0.2, 0) is 22.6 Å². The van der Waals surface area contributed by atoms with Crippen LogP contribution < -0.4 is 10.5 Å². The molecule has 2 aromatic heterocycles. The number of piperazine rings is 1. The van der Waals surface area contributed by atoms with Gasteiger partial charge in [-0.05, 0) is 53.6 Å². The zero-order valence-electron chi connectivity index (χ0n) is 25.8. The number of benzene rings is 3. The third-order valence-electron chi connectivity index (χ3n) is 8.12. The molecule has 250 valence electrons. The molecule has 0 spiro atoms. The molecule has 1 amide bonds. The van der Waals surface area contributed by atoms with E-state index in [2.05, 4.69) is 10.1 Å². The van der Waals surface area contributed by atoms with E-state index in [0.717, 1.165) is 28.1 Å². The van der Waals surface area contributed by atoms with Gasteiger partial charge in [-0.25, -0.2) is 27.2 Å². The van der Waals surface area contributed by atoms with Gasteiger partial charge in [0.1, 0.15) is 30.0 Å².